The number of pyridine rings is 1. The van der Waals surface area contributed by atoms with Crippen LogP contribution < -0.4 is 0 Å². The van der Waals surface area contributed by atoms with Crippen molar-refractivity contribution >= 4 is 50.3 Å². The first-order valence-corrected chi connectivity index (χ1v) is 7.67. The van der Waals surface area contributed by atoms with Crippen molar-refractivity contribution in [3.05, 3.63) is 51.3 Å². The highest BCUT2D eigenvalue weighted by atomic mass is 79.9. The predicted octanol–water partition coefficient (Wildman–Crippen LogP) is 4.88. The Kier molecular flexibility index (Phi) is 3.71. The zero-order valence-electron chi connectivity index (χ0n) is 10.6. The van der Waals surface area contributed by atoms with E-state index in [1.165, 1.54) is 0 Å². The van der Waals surface area contributed by atoms with E-state index in [9.17, 15) is 0 Å². The molecule has 6 heteroatoms. The minimum atomic E-state index is 0.310. The highest BCUT2D eigenvalue weighted by molar-refractivity contribution is 9.10. The van der Waals surface area contributed by atoms with Gasteiger partial charge in [-0.1, -0.05) is 11.6 Å². The molecule has 0 fully saturated rings. The molecule has 0 unspecified atom stereocenters. The molecule has 0 amide bonds. The van der Waals surface area contributed by atoms with Crippen molar-refractivity contribution in [2.45, 2.75) is 12.8 Å². The fourth-order valence-corrected chi connectivity index (χ4v) is 3.14. The summed E-state index contributed by atoms with van der Waals surface area (Å²) in [4.78, 5) is 9.10. The van der Waals surface area contributed by atoms with Crippen LogP contribution in [-0.2, 0) is 5.88 Å². The quantitative estimate of drug-likeness (QED) is 0.601. The van der Waals surface area contributed by atoms with Crippen LogP contribution in [0.4, 0.5) is 0 Å². The topological polar surface area (TPSA) is 30.7 Å². The Labute approximate surface area is 134 Å². The second kappa shape index (κ2) is 5.35. The number of aromatic nitrogens is 3. The van der Waals surface area contributed by atoms with Gasteiger partial charge in [0, 0.05) is 15.2 Å². The Bertz CT molecular complexity index is 798. The lowest BCUT2D eigenvalue weighted by atomic mass is 10.3. The van der Waals surface area contributed by atoms with Gasteiger partial charge in [0.2, 0.25) is 0 Å². The van der Waals surface area contributed by atoms with Gasteiger partial charge in [-0.05, 0) is 53.2 Å². The molecule has 0 aliphatic heterocycles. The number of fused-ring (bicyclic) bond motifs is 1. The molecule has 102 valence electrons. The van der Waals surface area contributed by atoms with E-state index in [0.717, 1.165) is 32.8 Å². The Hall–Kier alpha value is -1.10. The highest BCUT2D eigenvalue weighted by Gasteiger charge is 2.15. The van der Waals surface area contributed by atoms with Gasteiger partial charge in [-0.25, -0.2) is 9.97 Å². The molecule has 0 N–H and O–H groups in total. The molecule has 2 heterocycles. The first-order valence-electron chi connectivity index (χ1n) is 5.96. The summed E-state index contributed by atoms with van der Waals surface area (Å²) >= 11 is 15.6. The predicted molar refractivity (Wildman–Crippen MR) is 85.9 cm³/mol. The SMILES string of the molecule is Cc1ccc2nc(CCl)n(-c3ccc(Cl)cc3Br)c2n1. The van der Waals surface area contributed by atoms with Gasteiger partial charge >= 0.3 is 0 Å². The molecular weight excluding hydrogens is 361 g/mol. The van der Waals surface area contributed by atoms with E-state index in [1.807, 2.05) is 41.8 Å². The zero-order valence-corrected chi connectivity index (χ0v) is 13.7. The van der Waals surface area contributed by atoms with Crippen molar-refractivity contribution in [3.8, 4) is 5.69 Å². The molecule has 20 heavy (non-hydrogen) atoms. The van der Waals surface area contributed by atoms with Crippen LogP contribution in [0, 0.1) is 6.92 Å². The fourth-order valence-electron chi connectivity index (χ4n) is 2.10. The lowest BCUT2D eigenvalue weighted by Crippen LogP contribution is -2.01. The van der Waals surface area contributed by atoms with E-state index >= 15 is 0 Å². The first kappa shape index (κ1) is 13.9. The number of aryl methyl sites for hydroxylation is 1. The molecule has 0 saturated carbocycles. The Morgan fingerprint density at radius 3 is 2.70 bits per heavy atom. The van der Waals surface area contributed by atoms with Gasteiger partial charge in [-0.2, -0.15) is 0 Å². The fraction of sp³-hybridized carbons (Fsp3) is 0.143. The summed E-state index contributed by atoms with van der Waals surface area (Å²) in [5, 5.41) is 0.668. The zero-order chi connectivity index (χ0) is 14.3. The second-order valence-electron chi connectivity index (χ2n) is 4.39. The van der Waals surface area contributed by atoms with Crippen LogP contribution in [0.1, 0.15) is 11.5 Å². The molecule has 0 bridgehead atoms. The summed E-state index contributed by atoms with van der Waals surface area (Å²) in [6.07, 6.45) is 0. The van der Waals surface area contributed by atoms with Crippen LogP contribution in [0.2, 0.25) is 5.02 Å². The number of imidazole rings is 1. The molecule has 0 atom stereocenters. The average molecular weight is 371 g/mol. The van der Waals surface area contributed by atoms with Gasteiger partial charge in [-0.3, -0.25) is 4.57 Å². The smallest absolute Gasteiger partial charge is 0.164 e. The van der Waals surface area contributed by atoms with Crippen LogP contribution in [0.15, 0.2) is 34.8 Å². The number of hydrogen-bond acceptors (Lipinski definition) is 2. The minimum absolute atomic E-state index is 0.310. The van der Waals surface area contributed by atoms with Crippen molar-refractivity contribution in [2.24, 2.45) is 0 Å². The van der Waals surface area contributed by atoms with Crippen molar-refractivity contribution in [2.75, 3.05) is 0 Å². The van der Waals surface area contributed by atoms with Crippen molar-refractivity contribution in [1.82, 2.24) is 14.5 Å². The number of halogens is 3. The van der Waals surface area contributed by atoms with E-state index < -0.39 is 0 Å². The molecule has 3 nitrogen and oxygen atoms in total. The van der Waals surface area contributed by atoms with Gasteiger partial charge in [0.1, 0.15) is 11.3 Å². The van der Waals surface area contributed by atoms with Crippen LogP contribution in [0.3, 0.4) is 0 Å². The molecule has 3 rings (SSSR count). The average Bonchev–Trinajstić information content (AvgIpc) is 2.76. The molecule has 0 radical (unpaired) electrons. The van der Waals surface area contributed by atoms with E-state index in [4.69, 9.17) is 23.2 Å². The van der Waals surface area contributed by atoms with E-state index in [2.05, 4.69) is 25.9 Å². The highest BCUT2D eigenvalue weighted by Crippen LogP contribution is 2.29. The maximum atomic E-state index is 6.02. The van der Waals surface area contributed by atoms with Gasteiger partial charge in [0.25, 0.3) is 0 Å². The van der Waals surface area contributed by atoms with Crippen LogP contribution in [0.25, 0.3) is 16.9 Å². The van der Waals surface area contributed by atoms with Gasteiger partial charge in [-0.15, -0.1) is 11.6 Å². The van der Waals surface area contributed by atoms with E-state index in [-0.39, 0.29) is 0 Å². The Balaban J connectivity index is 2.36. The van der Waals surface area contributed by atoms with Gasteiger partial charge < -0.3 is 0 Å². The summed E-state index contributed by atoms with van der Waals surface area (Å²) in [5.41, 5.74) is 3.48. The molecule has 0 aliphatic rings. The Morgan fingerprint density at radius 1 is 1.20 bits per heavy atom. The monoisotopic (exact) mass is 369 g/mol. The number of nitrogens with zero attached hydrogens (tertiary/aromatic N) is 3. The number of hydrogen-bond donors (Lipinski definition) is 0. The molecule has 0 saturated heterocycles. The maximum Gasteiger partial charge on any atom is 0.164 e. The van der Waals surface area contributed by atoms with Crippen LogP contribution in [0.5, 0.6) is 0 Å². The van der Waals surface area contributed by atoms with Crippen molar-refractivity contribution in [1.29, 1.82) is 0 Å². The second-order valence-corrected chi connectivity index (χ2v) is 5.95. The van der Waals surface area contributed by atoms with E-state index in [0.29, 0.717) is 10.9 Å². The molecule has 1 aromatic carbocycles. The number of alkyl halides is 1. The standard InChI is InChI=1S/C14H10BrCl2N3/c1-8-2-4-11-14(18-8)20(13(7-16)19-11)12-5-3-9(17)6-10(12)15/h2-6H,7H2,1H3. The van der Waals surface area contributed by atoms with Crippen molar-refractivity contribution < 1.29 is 0 Å². The number of rotatable bonds is 2. The third-order valence-corrected chi connectivity index (χ3v) is 4.09. The first-order chi connectivity index (χ1) is 9.60. The number of benzene rings is 1. The summed E-state index contributed by atoms with van der Waals surface area (Å²) in [6, 6.07) is 9.49. The van der Waals surface area contributed by atoms with Crippen LogP contribution in [-0.4, -0.2) is 14.5 Å². The third kappa shape index (κ3) is 2.32. The van der Waals surface area contributed by atoms with Gasteiger partial charge in [0.15, 0.2) is 5.65 Å². The minimum Gasteiger partial charge on any atom is -0.279 e. The summed E-state index contributed by atoms with van der Waals surface area (Å²) in [6.45, 7) is 1.95. The van der Waals surface area contributed by atoms with Crippen LogP contribution >= 0.6 is 39.1 Å². The lowest BCUT2D eigenvalue weighted by molar-refractivity contribution is 0.962. The Morgan fingerprint density at radius 2 is 2.00 bits per heavy atom. The van der Waals surface area contributed by atoms with Gasteiger partial charge in [0.05, 0.1) is 11.6 Å². The summed E-state index contributed by atoms with van der Waals surface area (Å²) in [5.74, 6) is 1.06. The molecule has 0 spiro atoms. The largest absolute Gasteiger partial charge is 0.279 e. The van der Waals surface area contributed by atoms with E-state index in [1.54, 1.807) is 0 Å². The molecular formula is C14H10BrCl2N3. The summed E-state index contributed by atoms with van der Waals surface area (Å²) in [7, 11) is 0. The normalized spacial score (nSPS) is 11.2. The lowest BCUT2D eigenvalue weighted by Gasteiger charge is -2.10. The summed E-state index contributed by atoms with van der Waals surface area (Å²) < 4.78 is 2.83. The molecule has 0 aliphatic carbocycles. The molecule has 3 aromatic rings. The third-order valence-electron chi connectivity index (χ3n) is 2.98. The van der Waals surface area contributed by atoms with Crippen molar-refractivity contribution in [3.63, 3.8) is 0 Å². The molecule has 2 aromatic heterocycles. The maximum absolute atomic E-state index is 6.02.